The molecule has 0 aliphatic heterocycles. The van der Waals surface area contributed by atoms with Crippen LogP contribution in [0.2, 0.25) is 0 Å². The van der Waals surface area contributed by atoms with Crippen LogP contribution in [0, 0.1) is 5.92 Å². The molecule has 5 nitrogen and oxygen atoms in total. The van der Waals surface area contributed by atoms with Crippen molar-refractivity contribution in [3.05, 3.63) is 0 Å². The number of hydrogen-bond donors (Lipinski definition) is 2. The molecule has 6 heteroatoms. The van der Waals surface area contributed by atoms with Gasteiger partial charge in [0.2, 0.25) is 0 Å². The Bertz CT molecular complexity index is 257. The van der Waals surface area contributed by atoms with Crippen LogP contribution in [0.15, 0.2) is 0 Å². The summed E-state index contributed by atoms with van der Waals surface area (Å²) in [5.41, 5.74) is 0. The smallest absolute Gasteiger partial charge is 0.333 e. The van der Waals surface area contributed by atoms with Crippen LogP contribution in [-0.4, -0.2) is 46.4 Å². The largest absolute Gasteiger partial charge is 0.481 e. The summed E-state index contributed by atoms with van der Waals surface area (Å²) in [5, 5.41) is 17.6. The van der Waals surface area contributed by atoms with Crippen LogP contribution in [-0.2, 0) is 14.3 Å². The Labute approximate surface area is 112 Å². The molecule has 106 valence electrons. The minimum Gasteiger partial charge on any atom is -0.481 e. The standard InChI is InChI=1S/C12H22O5S/c1-3-7-18-8-10(12(15)16)17-6-4-5-9(2)11(13)14/h9-10H,3-8H2,1-2H3,(H,13,14)(H,15,16). The highest BCUT2D eigenvalue weighted by atomic mass is 32.2. The van der Waals surface area contributed by atoms with Gasteiger partial charge in [0.25, 0.3) is 0 Å². The predicted octanol–water partition coefficient (Wildman–Crippen LogP) is 2.10. The van der Waals surface area contributed by atoms with E-state index in [1.807, 2.05) is 6.92 Å². The summed E-state index contributed by atoms with van der Waals surface area (Å²) in [6.45, 7) is 3.96. The molecule has 0 saturated heterocycles. The molecular formula is C12H22O5S. The topological polar surface area (TPSA) is 83.8 Å². The van der Waals surface area contributed by atoms with Gasteiger partial charge >= 0.3 is 11.9 Å². The number of ether oxygens (including phenoxy) is 1. The maximum absolute atomic E-state index is 10.9. The third kappa shape index (κ3) is 8.36. The molecule has 0 bridgehead atoms. The molecule has 0 fully saturated rings. The molecule has 0 aromatic carbocycles. The molecular weight excluding hydrogens is 256 g/mol. The van der Waals surface area contributed by atoms with Crippen molar-refractivity contribution < 1.29 is 24.5 Å². The van der Waals surface area contributed by atoms with E-state index in [2.05, 4.69) is 0 Å². The van der Waals surface area contributed by atoms with Gasteiger partial charge in [-0.25, -0.2) is 4.79 Å². The van der Waals surface area contributed by atoms with E-state index in [4.69, 9.17) is 14.9 Å². The fourth-order valence-electron chi connectivity index (χ4n) is 1.26. The predicted molar refractivity (Wildman–Crippen MR) is 71.0 cm³/mol. The number of carboxylic acid groups (broad SMARTS) is 2. The fourth-order valence-corrected chi connectivity index (χ4v) is 2.17. The number of rotatable bonds is 11. The van der Waals surface area contributed by atoms with E-state index in [0.29, 0.717) is 25.2 Å². The van der Waals surface area contributed by atoms with Crippen molar-refractivity contribution >= 4 is 23.7 Å². The van der Waals surface area contributed by atoms with Crippen LogP contribution in [0.4, 0.5) is 0 Å². The van der Waals surface area contributed by atoms with E-state index in [1.54, 1.807) is 18.7 Å². The Morgan fingerprint density at radius 2 is 1.94 bits per heavy atom. The molecule has 0 amide bonds. The monoisotopic (exact) mass is 278 g/mol. The summed E-state index contributed by atoms with van der Waals surface area (Å²) >= 11 is 1.56. The molecule has 0 aliphatic carbocycles. The first-order valence-electron chi connectivity index (χ1n) is 6.14. The summed E-state index contributed by atoms with van der Waals surface area (Å²) in [6.07, 6.45) is 1.29. The van der Waals surface area contributed by atoms with Crippen molar-refractivity contribution in [2.45, 2.75) is 39.2 Å². The van der Waals surface area contributed by atoms with Crippen molar-refractivity contribution in [3.63, 3.8) is 0 Å². The number of aliphatic carboxylic acids is 2. The van der Waals surface area contributed by atoms with Gasteiger partial charge < -0.3 is 14.9 Å². The van der Waals surface area contributed by atoms with E-state index in [9.17, 15) is 9.59 Å². The van der Waals surface area contributed by atoms with Gasteiger partial charge in [0.05, 0.1) is 5.92 Å². The van der Waals surface area contributed by atoms with Crippen molar-refractivity contribution in [2.24, 2.45) is 5.92 Å². The Hall–Kier alpha value is -0.750. The highest BCUT2D eigenvalue weighted by molar-refractivity contribution is 7.99. The average Bonchev–Trinajstić information content (AvgIpc) is 2.31. The van der Waals surface area contributed by atoms with Gasteiger partial charge in [-0.05, 0) is 25.0 Å². The first-order valence-corrected chi connectivity index (χ1v) is 7.29. The summed E-state index contributed by atoms with van der Waals surface area (Å²) < 4.78 is 5.27. The normalized spacial score (nSPS) is 14.1. The SMILES string of the molecule is CCCSCC(OCCCC(C)C(=O)O)C(=O)O. The van der Waals surface area contributed by atoms with Crippen LogP contribution in [0.5, 0.6) is 0 Å². The Morgan fingerprint density at radius 1 is 1.28 bits per heavy atom. The molecule has 0 saturated carbocycles. The zero-order valence-corrected chi connectivity index (χ0v) is 11.7. The third-order valence-electron chi connectivity index (χ3n) is 2.42. The Kier molecular flexibility index (Phi) is 9.77. The summed E-state index contributed by atoms with van der Waals surface area (Å²) in [6, 6.07) is 0. The Balaban J connectivity index is 3.76. The van der Waals surface area contributed by atoms with Crippen molar-refractivity contribution in [1.82, 2.24) is 0 Å². The van der Waals surface area contributed by atoms with E-state index in [0.717, 1.165) is 12.2 Å². The van der Waals surface area contributed by atoms with Gasteiger partial charge in [-0.15, -0.1) is 0 Å². The third-order valence-corrected chi connectivity index (χ3v) is 3.65. The number of thioether (sulfide) groups is 1. The van der Waals surface area contributed by atoms with Gasteiger partial charge in [0.15, 0.2) is 6.10 Å². The van der Waals surface area contributed by atoms with E-state index in [1.165, 1.54) is 0 Å². The second-order valence-corrected chi connectivity index (χ2v) is 5.30. The molecule has 0 aromatic rings. The first kappa shape index (κ1) is 17.2. The molecule has 2 unspecified atom stereocenters. The second-order valence-electron chi connectivity index (χ2n) is 4.15. The van der Waals surface area contributed by atoms with Gasteiger partial charge in [-0.2, -0.15) is 11.8 Å². The Morgan fingerprint density at radius 3 is 2.44 bits per heavy atom. The van der Waals surface area contributed by atoms with Gasteiger partial charge in [0, 0.05) is 12.4 Å². The molecule has 2 N–H and O–H groups in total. The first-order chi connectivity index (χ1) is 8.49. The van der Waals surface area contributed by atoms with Gasteiger partial charge in [-0.3, -0.25) is 4.79 Å². The van der Waals surface area contributed by atoms with Crippen LogP contribution >= 0.6 is 11.8 Å². The maximum Gasteiger partial charge on any atom is 0.333 e. The highest BCUT2D eigenvalue weighted by Gasteiger charge is 2.18. The fraction of sp³-hybridized carbons (Fsp3) is 0.833. The minimum absolute atomic E-state index is 0.293. The van der Waals surface area contributed by atoms with Crippen LogP contribution in [0.1, 0.15) is 33.1 Å². The molecule has 0 aromatic heterocycles. The van der Waals surface area contributed by atoms with Crippen LogP contribution in [0.3, 0.4) is 0 Å². The quantitative estimate of drug-likeness (QED) is 0.563. The van der Waals surface area contributed by atoms with E-state index >= 15 is 0 Å². The summed E-state index contributed by atoms with van der Waals surface area (Å²) in [4.78, 5) is 21.5. The zero-order chi connectivity index (χ0) is 14.0. The average molecular weight is 278 g/mol. The molecule has 0 spiro atoms. The van der Waals surface area contributed by atoms with E-state index < -0.39 is 24.0 Å². The van der Waals surface area contributed by atoms with Crippen molar-refractivity contribution in [2.75, 3.05) is 18.1 Å². The van der Waals surface area contributed by atoms with E-state index in [-0.39, 0.29) is 0 Å². The summed E-state index contributed by atoms with van der Waals surface area (Å²) in [7, 11) is 0. The number of carboxylic acids is 2. The zero-order valence-electron chi connectivity index (χ0n) is 10.9. The molecule has 18 heavy (non-hydrogen) atoms. The number of carbonyl (C=O) groups is 2. The molecule has 0 radical (unpaired) electrons. The van der Waals surface area contributed by atoms with Crippen molar-refractivity contribution in [1.29, 1.82) is 0 Å². The second kappa shape index (κ2) is 10.2. The lowest BCUT2D eigenvalue weighted by molar-refractivity contribution is -0.149. The van der Waals surface area contributed by atoms with Crippen LogP contribution in [0.25, 0.3) is 0 Å². The maximum atomic E-state index is 10.9. The molecule has 0 rings (SSSR count). The lowest BCUT2D eigenvalue weighted by Crippen LogP contribution is -2.27. The molecule has 2 atom stereocenters. The highest BCUT2D eigenvalue weighted by Crippen LogP contribution is 2.10. The lowest BCUT2D eigenvalue weighted by atomic mass is 10.1. The lowest BCUT2D eigenvalue weighted by Gasteiger charge is -2.13. The number of hydrogen-bond acceptors (Lipinski definition) is 4. The van der Waals surface area contributed by atoms with Gasteiger partial charge in [-0.1, -0.05) is 13.8 Å². The van der Waals surface area contributed by atoms with Gasteiger partial charge in [0.1, 0.15) is 0 Å². The molecule has 0 aliphatic rings. The van der Waals surface area contributed by atoms with Crippen LogP contribution < -0.4 is 0 Å². The van der Waals surface area contributed by atoms with Crippen molar-refractivity contribution in [3.8, 4) is 0 Å². The molecule has 0 heterocycles. The summed E-state index contributed by atoms with van der Waals surface area (Å²) in [5.74, 6) is -0.833. The minimum atomic E-state index is -0.954.